The van der Waals surface area contributed by atoms with E-state index < -0.39 is 0 Å². The Bertz CT molecular complexity index is 880. The number of quaternary nitrogens is 1. The number of unbranched alkanes of at least 4 members (excludes halogenated alkanes) is 7. The molecule has 4 heteroatoms. The third kappa shape index (κ3) is 13.7. The number of hydrogen-bond donors (Lipinski definition) is 0. The number of esters is 1. The van der Waals surface area contributed by atoms with Gasteiger partial charge in [-0.3, -0.25) is 4.79 Å². The van der Waals surface area contributed by atoms with Crippen LogP contribution in [0.3, 0.4) is 0 Å². The number of carbonyl (C=O) groups is 1. The fourth-order valence-corrected chi connectivity index (χ4v) is 4.95. The van der Waals surface area contributed by atoms with Crippen LogP contribution in [-0.2, 0) is 22.5 Å². The maximum atomic E-state index is 12.6. The molecule has 0 radical (unpaired) electrons. The molecule has 2 unspecified atom stereocenters. The number of nitrogens with zero attached hydrogens (tertiary/aromatic N) is 1. The first kappa shape index (κ1) is 30.9. The zero-order chi connectivity index (χ0) is 26.9. The number of aryl methyl sites for hydroxylation is 1. The summed E-state index contributed by atoms with van der Waals surface area (Å²) in [5.74, 6) is 0.631. The highest BCUT2D eigenvalue weighted by Crippen LogP contribution is 2.19. The normalized spacial score (nSPS) is 13.2. The summed E-state index contributed by atoms with van der Waals surface area (Å²) in [5.41, 5.74) is 2.62. The van der Waals surface area contributed by atoms with Gasteiger partial charge in [-0.25, -0.2) is 0 Å². The largest absolute Gasteiger partial charge is 0.491 e. The Labute approximate surface area is 227 Å². The van der Waals surface area contributed by atoms with Gasteiger partial charge in [0.2, 0.25) is 0 Å². The van der Waals surface area contributed by atoms with Gasteiger partial charge in [-0.1, -0.05) is 94.3 Å². The Morgan fingerprint density at radius 3 is 2.19 bits per heavy atom. The second-order valence-electron chi connectivity index (χ2n) is 11.4. The molecule has 0 bridgehead atoms. The van der Waals surface area contributed by atoms with Gasteiger partial charge >= 0.3 is 5.97 Å². The van der Waals surface area contributed by atoms with E-state index in [0.29, 0.717) is 13.0 Å². The van der Waals surface area contributed by atoms with E-state index in [1.165, 1.54) is 62.5 Å². The summed E-state index contributed by atoms with van der Waals surface area (Å²) in [5, 5.41) is 0. The summed E-state index contributed by atoms with van der Waals surface area (Å²) in [7, 11) is 4.32. The Balaban J connectivity index is 1.64. The van der Waals surface area contributed by atoms with Crippen molar-refractivity contribution >= 4 is 5.97 Å². The molecule has 0 heterocycles. The predicted octanol–water partition coefficient (Wildman–Crippen LogP) is 7.98. The molecule has 0 saturated heterocycles. The standard InChI is InChI=1S/C33H52NO3/c1-6-7-8-9-10-11-12-14-18-30-21-17-22-32(25-30)37-29(3)23-24-36-33(35)28(2)26-34(4,5)27-31-19-15-13-16-20-31/h13,15-17,19-22,25,28-29H,6-12,14,18,23-24,26-27H2,1-5H3/q+1. The van der Waals surface area contributed by atoms with Crippen LogP contribution in [0.4, 0.5) is 0 Å². The molecule has 37 heavy (non-hydrogen) atoms. The Hall–Kier alpha value is -2.33. The zero-order valence-corrected chi connectivity index (χ0v) is 24.2. The Kier molecular flexibility index (Phi) is 14.4. The number of rotatable bonds is 19. The second-order valence-corrected chi connectivity index (χ2v) is 11.4. The minimum atomic E-state index is -0.150. The van der Waals surface area contributed by atoms with Gasteiger partial charge in [0.25, 0.3) is 0 Å². The molecule has 0 spiro atoms. The first-order chi connectivity index (χ1) is 17.8. The third-order valence-electron chi connectivity index (χ3n) is 6.95. The molecule has 2 aromatic rings. The monoisotopic (exact) mass is 510 g/mol. The lowest BCUT2D eigenvalue weighted by atomic mass is 10.0. The fraction of sp³-hybridized carbons (Fsp3) is 0.606. The smallest absolute Gasteiger partial charge is 0.314 e. The summed E-state index contributed by atoms with van der Waals surface area (Å²) in [6.07, 6.45) is 12.5. The van der Waals surface area contributed by atoms with E-state index in [1.54, 1.807) is 0 Å². The van der Waals surface area contributed by atoms with Crippen LogP contribution >= 0.6 is 0 Å². The van der Waals surface area contributed by atoms with Gasteiger partial charge in [0, 0.05) is 12.0 Å². The molecular formula is C33H52NO3+. The Morgan fingerprint density at radius 1 is 0.838 bits per heavy atom. The van der Waals surface area contributed by atoms with E-state index in [4.69, 9.17) is 9.47 Å². The number of hydrogen-bond acceptors (Lipinski definition) is 3. The molecule has 0 amide bonds. The molecule has 0 aromatic heterocycles. The first-order valence-corrected chi connectivity index (χ1v) is 14.6. The van der Waals surface area contributed by atoms with Crippen LogP contribution in [0.2, 0.25) is 0 Å². The highest BCUT2D eigenvalue weighted by atomic mass is 16.5. The quantitative estimate of drug-likeness (QED) is 0.109. The highest BCUT2D eigenvalue weighted by molar-refractivity contribution is 5.72. The molecule has 0 fully saturated rings. The van der Waals surface area contributed by atoms with Gasteiger partial charge in [0.05, 0.1) is 33.4 Å². The average molecular weight is 511 g/mol. The van der Waals surface area contributed by atoms with E-state index in [9.17, 15) is 4.79 Å². The molecule has 2 aromatic carbocycles. The van der Waals surface area contributed by atoms with E-state index in [0.717, 1.165) is 29.7 Å². The van der Waals surface area contributed by atoms with E-state index >= 15 is 0 Å². The van der Waals surface area contributed by atoms with Crippen LogP contribution in [0.1, 0.15) is 89.7 Å². The summed E-state index contributed by atoms with van der Waals surface area (Å²) in [6, 6.07) is 18.9. The van der Waals surface area contributed by atoms with Crippen LogP contribution in [0, 0.1) is 5.92 Å². The minimum absolute atomic E-state index is 0.00761. The number of carbonyl (C=O) groups excluding carboxylic acids is 1. The molecule has 0 saturated carbocycles. The van der Waals surface area contributed by atoms with Crippen molar-refractivity contribution in [2.24, 2.45) is 5.92 Å². The van der Waals surface area contributed by atoms with Crippen molar-refractivity contribution in [2.45, 2.75) is 97.6 Å². The van der Waals surface area contributed by atoms with Gasteiger partial charge < -0.3 is 14.0 Å². The molecule has 0 aliphatic heterocycles. The van der Waals surface area contributed by atoms with Crippen molar-refractivity contribution < 1.29 is 18.8 Å². The van der Waals surface area contributed by atoms with Crippen molar-refractivity contribution in [3.63, 3.8) is 0 Å². The summed E-state index contributed by atoms with van der Waals surface area (Å²) in [6.45, 7) is 8.29. The zero-order valence-electron chi connectivity index (χ0n) is 24.2. The number of ether oxygens (including phenoxy) is 2. The molecular weight excluding hydrogens is 458 g/mol. The lowest BCUT2D eigenvalue weighted by Crippen LogP contribution is -2.44. The lowest BCUT2D eigenvalue weighted by molar-refractivity contribution is -0.905. The maximum Gasteiger partial charge on any atom is 0.314 e. The SMILES string of the molecule is CCCCCCCCCCc1cccc(OC(C)CCOC(=O)C(C)C[N+](C)(C)Cc2ccccc2)c1. The van der Waals surface area contributed by atoms with Crippen molar-refractivity contribution in [1.29, 1.82) is 0 Å². The molecule has 0 aliphatic rings. The number of benzene rings is 2. The summed E-state index contributed by atoms with van der Waals surface area (Å²) in [4.78, 5) is 12.6. The van der Waals surface area contributed by atoms with Gasteiger partial charge in [-0.15, -0.1) is 0 Å². The van der Waals surface area contributed by atoms with Crippen LogP contribution in [0.25, 0.3) is 0 Å². The second kappa shape index (κ2) is 17.2. The van der Waals surface area contributed by atoms with E-state index in [1.807, 2.05) is 26.0 Å². The van der Waals surface area contributed by atoms with Crippen LogP contribution in [0.15, 0.2) is 54.6 Å². The molecule has 2 atom stereocenters. The van der Waals surface area contributed by atoms with Crippen molar-refractivity contribution in [1.82, 2.24) is 0 Å². The van der Waals surface area contributed by atoms with Crippen LogP contribution in [-0.4, -0.2) is 43.8 Å². The van der Waals surface area contributed by atoms with Crippen molar-refractivity contribution in [3.05, 3.63) is 65.7 Å². The van der Waals surface area contributed by atoms with Crippen molar-refractivity contribution in [2.75, 3.05) is 27.2 Å². The average Bonchev–Trinajstić information content (AvgIpc) is 2.86. The molecule has 4 nitrogen and oxygen atoms in total. The van der Waals surface area contributed by atoms with Gasteiger partial charge in [0.15, 0.2) is 0 Å². The van der Waals surface area contributed by atoms with E-state index in [2.05, 4.69) is 63.5 Å². The maximum absolute atomic E-state index is 12.6. The third-order valence-corrected chi connectivity index (χ3v) is 6.95. The minimum Gasteiger partial charge on any atom is -0.491 e. The van der Waals surface area contributed by atoms with Gasteiger partial charge in [-0.2, -0.15) is 0 Å². The van der Waals surface area contributed by atoms with Gasteiger partial charge in [-0.05, 0) is 44.4 Å². The molecule has 0 aliphatic carbocycles. The van der Waals surface area contributed by atoms with Crippen LogP contribution in [0.5, 0.6) is 5.75 Å². The Morgan fingerprint density at radius 2 is 1.49 bits per heavy atom. The highest BCUT2D eigenvalue weighted by Gasteiger charge is 2.25. The predicted molar refractivity (Wildman–Crippen MR) is 155 cm³/mol. The molecule has 2 rings (SSSR count). The fourth-order valence-electron chi connectivity index (χ4n) is 4.95. The molecule has 0 N–H and O–H groups in total. The summed E-state index contributed by atoms with van der Waals surface area (Å²) < 4.78 is 12.5. The molecule has 206 valence electrons. The summed E-state index contributed by atoms with van der Waals surface area (Å²) >= 11 is 0. The topological polar surface area (TPSA) is 35.5 Å². The first-order valence-electron chi connectivity index (χ1n) is 14.6. The van der Waals surface area contributed by atoms with Crippen LogP contribution < -0.4 is 4.74 Å². The van der Waals surface area contributed by atoms with Crippen molar-refractivity contribution in [3.8, 4) is 5.75 Å². The lowest BCUT2D eigenvalue weighted by Gasteiger charge is -2.32. The van der Waals surface area contributed by atoms with E-state index in [-0.39, 0.29) is 18.0 Å². The van der Waals surface area contributed by atoms with Gasteiger partial charge in [0.1, 0.15) is 18.2 Å².